The molecule has 1 unspecified atom stereocenters. The Morgan fingerprint density at radius 3 is 2.32 bits per heavy atom. The number of carboxylic acid groups (broad SMARTS) is 2. The molecule has 2 rings (SSSR count). The lowest BCUT2D eigenvalue weighted by atomic mass is 9.95. The summed E-state index contributed by atoms with van der Waals surface area (Å²) in [6.45, 7) is 2.16. The molecule has 1 saturated heterocycles. The summed E-state index contributed by atoms with van der Waals surface area (Å²) in [5, 5.41) is 18.5. The first-order chi connectivity index (χ1) is 8.95. The van der Waals surface area contributed by atoms with Crippen LogP contribution in [0.2, 0.25) is 0 Å². The largest absolute Gasteiger partial charge is 0.479 e. The Kier molecular flexibility index (Phi) is 3.33. The zero-order valence-corrected chi connectivity index (χ0v) is 10.6. The number of benzene rings is 1. The van der Waals surface area contributed by atoms with Gasteiger partial charge < -0.3 is 20.0 Å². The zero-order chi connectivity index (χ0) is 14.0. The molecule has 6 nitrogen and oxygen atoms in total. The number of carbonyl (C=O) groups is 2. The molecule has 0 bridgehead atoms. The highest BCUT2D eigenvalue weighted by molar-refractivity contribution is 5.85. The van der Waals surface area contributed by atoms with Crippen LogP contribution < -0.4 is 4.90 Å². The van der Waals surface area contributed by atoms with Gasteiger partial charge in [-0.2, -0.15) is 0 Å². The number of para-hydroxylation sites is 1. The number of nitrogens with zero attached hydrogens (tertiary/aromatic N) is 2. The molecular weight excluding hydrogens is 248 g/mol. The third kappa shape index (κ3) is 2.33. The summed E-state index contributed by atoms with van der Waals surface area (Å²) in [5.74, 6) is -1.03. The van der Waals surface area contributed by atoms with Crippen LogP contribution in [0.1, 0.15) is 6.92 Å². The fraction of sp³-hybridized carbons (Fsp3) is 0.385. The van der Waals surface area contributed by atoms with Gasteiger partial charge in [-0.3, -0.25) is 0 Å². The molecule has 1 aromatic carbocycles. The van der Waals surface area contributed by atoms with Gasteiger partial charge >= 0.3 is 12.1 Å². The molecule has 0 saturated carbocycles. The van der Waals surface area contributed by atoms with Crippen LogP contribution >= 0.6 is 0 Å². The monoisotopic (exact) mass is 264 g/mol. The summed E-state index contributed by atoms with van der Waals surface area (Å²) in [6.07, 6.45) is -1.08. The number of amides is 1. The molecule has 0 spiro atoms. The van der Waals surface area contributed by atoms with E-state index in [1.54, 1.807) is 11.8 Å². The predicted octanol–water partition coefficient (Wildman–Crippen LogP) is 1.33. The first-order valence-corrected chi connectivity index (χ1v) is 5.99. The fourth-order valence-corrected chi connectivity index (χ4v) is 2.37. The van der Waals surface area contributed by atoms with E-state index in [-0.39, 0.29) is 6.54 Å². The van der Waals surface area contributed by atoms with Crippen LogP contribution in [-0.4, -0.2) is 52.3 Å². The normalized spacial score (nSPS) is 23.2. The van der Waals surface area contributed by atoms with Crippen molar-refractivity contribution in [1.82, 2.24) is 4.90 Å². The Labute approximate surface area is 110 Å². The SMILES string of the molecule is CC1(C(=O)O)CN(C(=O)O)CCN1c1ccccc1. The second kappa shape index (κ2) is 4.79. The van der Waals surface area contributed by atoms with Crippen molar-refractivity contribution in [1.29, 1.82) is 0 Å². The standard InChI is InChI=1S/C13H16N2O4/c1-13(11(16)17)9-14(12(18)19)7-8-15(13)10-5-3-2-4-6-10/h2-6H,7-9H2,1H3,(H,16,17)(H,18,19). The average molecular weight is 264 g/mol. The van der Waals surface area contributed by atoms with E-state index in [1.807, 2.05) is 30.3 Å². The molecule has 102 valence electrons. The first kappa shape index (κ1) is 13.2. The maximum atomic E-state index is 11.6. The molecule has 0 aliphatic carbocycles. The van der Waals surface area contributed by atoms with Crippen LogP contribution in [0.4, 0.5) is 10.5 Å². The van der Waals surface area contributed by atoms with Gasteiger partial charge in [-0.05, 0) is 19.1 Å². The van der Waals surface area contributed by atoms with Crippen molar-refractivity contribution >= 4 is 17.7 Å². The Balaban J connectivity index is 2.34. The quantitative estimate of drug-likeness (QED) is 0.842. The summed E-state index contributed by atoms with van der Waals surface area (Å²) >= 11 is 0. The Morgan fingerprint density at radius 2 is 1.79 bits per heavy atom. The second-order valence-corrected chi connectivity index (χ2v) is 4.77. The van der Waals surface area contributed by atoms with Crippen molar-refractivity contribution in [2.24, 2.45) is 0 Å². The molecule has 0 aromatic heterocycles. The van der Waals surface area contributed by atoms with Crippen molar-refractivity contribution in [3.05, 3.63) is 30.3 Å². The highest BCUT2D eigenvalue weighted by Gasteiger charge is 2.45. The van der Waals surface area contributed by atoms with Gasteiger partial charge in [0.05, 0.1) is 6.54 Å². The molecule has 0 radical (unpaired) electrons. The number of carboxylic acids is 1. The van der Waals surface area contributed by atoms with E-state index < -0.39 is 17.6 Å². The molecule has 1 fully saturated rings. The first-order valence-electron chi connectivity index (χ1n) is 5.99. The van der Waals surface area contributed by atoms with Gasteiger partial charge in [0, 0.05) is 18.8 Å². The number of hydrogen-bond donors (Lipinski definition) is 2. The molecule has 2 N–H and O–H groups in total. The van der Waals surface area contributed by atoms with Crippen LogP contribution in [0, 0.1) is 0 Å². The van der Waals surface area contributed by atoms with Crippen molar-refractivity contribution in [3.8, 4) is 0 Å². The van der Waals surface area contributed by atoms with Gasteiger partial charge in [-0.15, -0.1) is 0 Å². The Bertz CT molecular complexity index is 491. The number of aliphatic carboxylic acids is 1. The van der Waals surface area contributed by atoms with Crippen LogP contribution in [0.3, 0.4) is 0 Å². The van der Waals surface area contributed by atoms with E-state index in [4.69, 9.17) is 5.11 Å². The lowest BCUT2D eigenvalue weighted by Gasteiger charge is -2.46. The number of rotatable bonds is 2. The van der Waals surface area contributed by atoms with Crippen molar-refractivity contribution in [2.45, 2.75) is 12.5 Å². The zero-order valence-electron chi connectivity index (χ0n) is 10.6. The molecule has 1 heterocycles. The topological polar surface area (TPSA) is 81.1 Å². The van der Waals surface area contributed by atoms with E-state index in [9.17, 15) is 14.7 Å². The predicted molar refractivity (Wildman–Crippen MR) is 69.4 cm³/mol. The van der Waals surface area contributed by atoms with E-state index >= 15 is 0 Å². The van der Waals surface area contributed by atoms with Gasteiger partial charge in [0.15, 0.2) is 5.54 Å². The minimum atomic E-state index is -1.25. The lowest BCUT2D eigenvalue weighted by molar-refractivity contribution is -0.144. The van der Waals surface area contributed by atoms with E-state index in [0.29, 0.717) is 13.1 Å². The lowest BCUT2D eigenvalue weighted by Crippen LogP contribution is -2.65. The summed E-state index contributed by atoms with van der Waals surface area (Å²) in [4.78, 5) is 25.5. The van der Waals surface area contributed by atoms with Crippen LogP contribution in [0.25, 0.3) is 0 Å². The van der Waals surface area contributed by atoms with E-state index in [2.05, 4.69) is 0 Å². The average Bonchev–Trinajstić information content (AvgIpc) is 2.39. The van der Waals surface area contributed by atoms with Crippen molar-refractivity contribution in [2.75, 3.05) is 24.5 Å². The van der Waals surface area contributed by atoms with Gasteiger partial charge in [0.1, 0.15) is 0 Å². The second-order valence-electron chi connectivity index (χ2n) is 4.77. The molecule has 1 aromatic rings. The van der Waals surface area contributed by atoms with Crippen molar-refractivity contribution in [3.63, 3.8) is 0 Å². The Hall–Kier alpha value is -2.24. The van der Waals surface area contributed by atoms with Crippen LogP contribution in [0.15, 0.2) is 30.3 Å². The Morgan fingerprint density at radius 1 is 1.16 bits per heavy atom. The van der Waals surface area contributed by atoms with E-state index in [0.717, 1.165) is 10.6 Å². The number of hydrogen-bond acceptors (Lipinski definition) is 3. The van der Waals surface area contributed by atoms with Gasteiger partial charge in [-0.1, -0.05) is 18.2 Å². The van der Waals surface area contributed by atoms with Crippen LogP contribution in [0.5, 0.6) is 0 Å². The summed E-state index contributed by atoms with van der Waals surface area (Å²) in [7, 11) is 0. The third-order valence-corrected chi connectivity index (χ3v) is 3.49. The fourth-order valence-electron chi connectivity index (χ4n) is 2.37. The summed E-state index contributed by atoms with van der Waals surface area (Å²) in [5.41, 5.74) is -0.463. The van der Waals surface area contributed by atoms with Crippen LogP contribution in [-0.2, 0) is 4.79 Å². The number of piperazine rings is 1. The molecule has 1 aliphatic heterocycles. The highest BCUT2D eigenvalue weighted by Crippen LogP contribution is 2.28. The minimum absolute atomic E-state index is 0.0490. The molecule has 1 atom stereocenters. The summed E-state index contributed by atoms with van der Waals surface area (Å²) < 4.78 is 0. The third-order valence-electron chi connectivity index (χ3n) is 3.49. The molecule has 1 aliphatic rings. The molecule has 1 amide bonds. The van der Waals surface area contributed by atoms with Crippen molar-refractivity contribution < 1.29 is 19.8 Å². The smallest absolute Gasteiger partial charge is 0.407 e. The molecule has 19 heavy (non-hydrogen) atoms. The maximum absolute atomic E-state index is 11.6. The van der Waals surface area contributed by atoms with Gasteiger partial charge in [-0.25, -0.2) is 9.59 Å². The van der Waals surface area contributed by atoms with E-state index in [1.165, 1.54) is 0 Å². The van der Waals surface area contributed by atoms with Gasteiger partial charge in [0.2, 0.25) is 0 Å². The van der Waals surface area contributed by atoms with Gasteiger partial charge in [0.25, 0.3) is 0 Å². The molecule has 6 heteroatoms. The molecular formula is C13H16N2O4. The highest BCUT2D eigenvalue weighted by atomic mass is 16.4. The number of anilines is 1. The summed E-state index contributed by atoms with van der Waals surface area (Å²) in [6, 6.07) is 9.19. The minimum Gasteiger partial charge on any atom is -0.479 e. The maximum Gasteiger partial charge on any atom is 0.407 e.